The van der Waals surface area contributed by atoms with Crippen molar-refractivity contribution in [2.45, 2.75) is 38.7 Å². The second-order valence-electron chi connectivity index (χ2n) is 6.76. The van der Waals surface area contributed by atoms with Gasteiger partial charge in [0.05, 0.1) is 12.2 Å². The zero-order valence-corrected chi connectivity index (χ0v) is 15.5. The van der Waals surface area contributed by atoms with Gasteiger partial charge in [0.25, 0.3) is 11.8 Å². The molecule has 0 aliphatic carbocycles. The zero-order valence-electron chi connectivity index (χ0n) is 15.5. The maximum Gasteiger partial charge on any atom is 0.257 e. The number of hydrogen-bond acceptors (Lipinski definition) is 6. The molecule has 2 heterocycles. The number of aromatic nitrogens is 2. The summed E-state index contributed by atoms with van der Waals surface area (Å²) in [7, 11) is 1.59. The number of hydrogen-bond donors (Lipinski definition) is 0. The largest absolute Gasteiger partial charge is 0.493 e. The zero-order chi connectivity index (χ0) is 18.6. The number of amides is 1. The average Bonchev–Trinajstić information content (AvgIpc) is 3.12. The van der Waals surface area contributed by atoms with Gasteiger partial charge in [-0.3, -0.25) is 4.79 Å². The predicted octanol–water partition coefficient (Wildman–Crippen LogP) is 2.81. The van der Waals surface area contributed by atoms with Gasteiger partial charge in [0.1, 0.15) is 12.4 Å². The summed E-state index contributed by atoms with van der Waals surface area (Å²) in [5.41, 5.74) is 0.246. The third-order valence-electron chi connectivity index (χ3n) is 4.68. The van der Waals surface area contributed by atoms with Crippen LogP contribution >= 0.6 is 0 Å². The van der Waals surface area contributed by atoms with E-state index >= 15 is 0 Å². The second kappa shape index (κ2) is 7.86. The fourth-order valence-electron chi connectivity index (χ4n) is 3.37. The summed E-state index contributed by atoms with van der Waals surface area (Å²) in [6, 6.07) is 7.37. The Balaban J connectivity index is 1.80. The van der Waals surface area contributed by atoms with Crippen molar-refractivity contribution in [2.75, 3.05) is 26.8 Å². The Labute approximate surface area is 153 Å². The van der Waals surface area contributed by atoms with Crippen molar-refractivity contribution in [1.29, 1.82) is 0 Å². The van der Waals surface area contributed by atoms with Crippen LogP contribution in [0.3, 0.4) is 0 Å². The maximum absolute atomic E-state index is 13.1. The van der Waals surface area contributed by atoms with Crippen LogP contribution in [-0.4, -0.2) is 47.8 Å². The number of likely N-dealkylation sites (tertiary alicyclic amines) is 1. The molecule has 1 unspecified atom stereocenters. The number of methoxy groups -OCH3 is 1. The fraction of sp³-hybridized carbons (Fsp3) is 0.526. The Morgan fingerprint density at radius 1 is 1.38 bits per heavy atom. The van der Waals surface area contributed by atoms with E-state index in [1.54, 1.807) is 7.11 Å². The molecule has 140 valence electrons. The number of carbonyl (C=O) groups is 1. The number of ether oxygens (including phenoxy) is 2. The van der Waals surface area contributed by atoms with Gasteiger partial charge in [-0.2, -0.15) is 4.98 Å². The van der Waals surface area contributed by atoms with Gasteiger partial charge in [0, 0.05) is 25.6 Å². The van der Waals surface area contributed by atoms with E-state index in [1.807, 2.05) is 36.1 Å². The van der Waals surface area contributed by atoms with Gasteiger partial charge in [0.2, 0.25) is 0 Å². The second-order valence-corrected chi connectivity index (χ2v) is 6.76. The number of rotatable bonds is 6. The fourth-order valence-corrected chi connectivity index (χ4v) is 3.37. The van der Waals surface area contributed by atoms with Crippen LogP contribution in [0.2, 0.25) is 0 Å². The lowest BCUT2D eigenvalue weighted by atomic mass is 9.81. The highest BCUT2D eigenvalue weighted by molar-refractivity contribution is 5.97. The smallest absolute Gasteiger partial charge is 0.257 e. The van der Waals surface area contributed by atoms with E-state index in [0.29, 0.717) is 42.7 Å². The van der Waals surface area contributed by atoms with E-state index in [0.717, 1.165) is 12.8 Å². The van der Waals surface area contributed by atoms with Gasteiger partial charge < -0.3 is 18.9 Å². The van der Waals surface area contributed by atoms with Crippen LogP contribution in [0.4, 0.5) is 0 Å². The number of benzene rings is 1. The van der Waals surface area contributed by atoms with E-state index in [4.69, 9.17) is 14.0 Å². The summed E-state index contributed by atoms with van der Waals surface area (Å²) in [6.07, 6.45) is 1.78. The molecule has 1 aliphatic heterocycles. The van der Waals surface area contributed by atoms with Crippen LogP contribution in [0.25, 0.3) is 0 Å². The van der Waals surface area contributed by atoms with Gasteiger partial charge in [-0.25, -0.2) is 0 Å². The number of nitrogens with zero attached hydrogens (tertiary/aromatic N) is 3. The maximum atomic E-state index is 13.1. The molecule has 2 aromatic rings. The standard InChI is InChI=1S/C19H25N3O4/c1-4-25-15-9-6-5-8-14(15)17(23)22-11-7-10-19(2,13-22)18-20-16(12-24-3)26-21-18/h5-6,8-9H,4,7,10-13H2,1-3H3. The topological polar surface area (TPSA) is 77.7 Å². The van der Waals surface area contributed by atoms with Gasteiger partial charge in [-0.05, 0) is 31.9 Å². The van der Waals surface area contributed by atoms with Crippen molar-refractivity contribution in [3.8, 4) is 5.75 Å². The molecule has 1 atom stereocenters. The molecule has 1 amide bonds. The highest BCUT2D eigenvalue weighted by Gasteiger charge is 2.39. The average molecular weight is 359 g/mol. The SMILES string of the molecule is CCOc1ccccc1C(=O)N1CCCC(C)(c2noc(COC)n2)C1. The minimum atomic E-state index is -0.343. The Bertz CT molecular complexity index is 761. The summed E-state index contributed by atoms with van der Waals surface area (Å²) in [6.45, 7) is 6.03. The van der Waals surface area contributed by atoms with Crippen LogP contribution < -0.4 is 4.74 Å². The minimum Gasteiger partial charge on any atom is -0.493 e. The first-order valence-electron chi connectivity index (χ1n) is 8.90. The minimum absolute atomic E-state index is 0.0272. The van der Waals surface area contributed by atoms with Crippen molar-refractivity contribution >= 4 is 5.91 Å². The van der Waals surface area contributed by atoms with Crippen molar-refractivity contribution in [3.05, 3.63) is 41.5 Å². The summed E-state index contributed by atoms with van der Waals surface area (Å²) in [4.78, 5) is 19.4. The Morgan fingerprint density at radius 2 is 2.19 bits per heavy atom. The van der Waals surface area contributed by atoms with Crippen molar-refractivity contribution in [1.82, 2.24) is 15.0 Å². The highest BCUT2D eigenvalue weighted by atomic mass is 16.5. The van der Waals surface area contributed by atoms with E-state index in [-0.39, 0.29) is 17.9 Å². The molecule has 0 radical (unpaired) electrons. The molecule has 7 heteroatoms. The lowest BCUT2D eigenvalue weighted by Gasteiger charge is -2.38. The third kappa shape index (κ3) is 3.72. The molecule has 0 saturated carbocycles. The molecule has 1 aliphatic rings. The molecular weight excluding hydrogens is 334 g/mol. The summed E-state index contributed by atoms with van der Waals surface area (Å²) in [5, 5.41) is 4.11. The molecule has 1 aromatic carbocycles. The lowest BCUT2D eigenvalue weighted by molar-refractivity contribution is 0.0638. The molecule has 7 nitrogen and oxygen atoms in total. The lowest BCUT2D eigenvalue weighted by Crippen LogP contribution is -2.47. The number of para-hydroxylation sites is 1. The predicted molar refractivity (Wildman–Crippen MR) is 95.1 cm³/mol. The Morgan fingerprint density at radius 3 is 2.96 bits per heavy atom. The summed E-state index contributed by atoms with van der Waals surface area (Å²) in [5.74, 6) is 1.67. The summed E-state index contributed by atoms with van der Waals surface area (Å²) < 4.78 is 15.9. The first-order valence-corrected chi connectivity index (χ1v) is 8.90. The molecule has 26 heavy (non-hydrogen) atoms. The Hall–Kier alpha value is -2.41. The molecular formula is C19H25N3O4. The molecule has 3 rings (SSSR count). The first kappa shape index (κ1) is 18.4. The highest BCUT2D eigenvalue weighted by Crippen LogP contribution is 2.33. The Kier molecular flexibility index (Phi) is 5.56. The summed E-state index contributed by atoms with van der Waals surface area (Å²) >= 11 is 0. The molecule has 1 aromatic heterocycles. The molecule has 1 saturated heterocycles. The van der Waals surface area contributed by atoms with Crippen LogP contribution in [0.15, 0.2) is 28.8 Å². The first-order chi connectivity index (χ1) is 12.6. The molecule has 0 N–H and O–H groups in total. The quantitative estimate of drug-likeness (QED) is 0.789. The van der Waals surface area contributed by atoms with E-state index in [9.17, 15) is 4.79 Å². The van der Waals surface area contributed by atoms with Crippen molar-refractivity contribution < 1.29 is 18.8 Å². The number of piperidine rings is 1. The van der Waals surface area contributed by atoms with Crippen LogP contribution in [-0.2, 0) is 16.8 Å². The molecule has 1 fully saturated rings. The van der Waals surface area contributed by atoms with E-state index in [2.05, 4.69) is 17.1 Å². The van der Waals surface area contributed by atoms with E-state index in [1.165, 1.54) is 0 Å². The van der Waals surface area contributed by atoms with Gasteiger partial charge >= 0.3 is 0 Å². The van der Waals surface area contributed by atoms with Gasteiger partial charge in [-0.1, -0.05) is 24.2 Å². The van der Waals surface area contributed by atoms with Gasteiger partial charge in [0.15, 0.2) is 5.82 Å². The van der Waals surface area contributed by atoms with Gasteiger partial charge in [-0.15, -0.1) is 0 Å². The molecule has 0 bridgehead atoms. The van der Waals surface area contributed by atoms with Crippen molar-refractivity contribution in [2.24, 2.45) is 0 Å². The van der Waals surface area contributed by atoms with Crippen molar-refractivity contribution in [3.63, 3.8) is 0 Å². The van der Waals surface area contributed by atoms with Crippen LogP contribution in [0.1, 0.15) is 48.8 Å². The van der Waals surface area contributed by atoms with E-state index < -0.39 is 0 Å². The molecule has 0 spiro atoms. The number of carbonyl (C=O) groups excluding carboxylic acids is 1. The normalized spacial score (nSPS) is 20.2. The van der Waals surface area contributed by atoms with Crippen LogP contribution in [0, 0.1) is 0 Å². The van der Waals surface area contributed by atoms with Crippen LogP contribution in [0.5, 0.6) is 5.75 Å². The monoisotopic (exact) mass is 359 g/mol. The third-order valence-corrected chi connectivity index (χ3v) is 4.68.